The van der Waals surface area contributed by atoms with Crippen LogP contribution in [0.15, 0.2) is 11.1 Å². The predicted octanol–water partition coefficient (Wildman–Crippen LogP) is 1.04. The molecule has 2 heterocycles. The molecule has 5 nitrogen and oxygen atoms in total. The molecule has 0 aromatic carbocycles. The number of hydrogen-bond acceptors (Lipinski definition) is 4. The summed E-state index contributed by atoms with van der Waals surface area (Å²) < 4.78 is 0. The maximum atomic E-state index is 12.4. The zero-order valence-electron chi connectivity index (χ0n) is 12.3. The van der Waals surface area contributed by atoms with Crippen LogP contribution in [0.4, 0.5) is 0 Å². The van der Waals surface area contributed by atoms with Crippen molar-refractivity contribution in [1.29, 1.82) is 0 Å². The number of thioether (sulfide) groups is 1. The average Bonchev–Trinajstić information content (AvgIpc) is 2.57. The molecule has 1 N–H and O–H groups in total. The molecule has 2 amide bonds. The van der Waals surface area contributed by atoms with Gasteiger partial charge < -0.3 is 14.9 Å². The summed E-state index contributed by atoms with van der Waals surface area (Å²) in [5, 5.41) is 10.6. The Hall–Kier alpha value is -1.01. The van der Waals surface area contributed by atoms with Gasteiger partial charge in [0.25, 0.3) is 0 Å². The molecular weight excluding hydrogens is 276 g/mol. The highest BCUT2D eigenvalue weighted by atomic mass is 32.2. The molecule has 0 aromatic rings. The monoisotopic (exact) mass is 298 g/mol. The highest BCUT2D eigenvalue weighted by Gasteiger charge is 2.31. The van der Waals surface area contributed by atoms with E-state index in [0.717, 1.165) is 0 Å². The lowest BCUT2D eigenvalue weighted by atomic mass is 9.87. The third kappa shape index (κ3) is 3.55. The molecule has 1 atom stereocenters. The van der Waals surface area contributed by atoms with Crippen LogP contribution in [0, 0.1) is 5.41 Å². The van der Waals surface area contributed by atoms with Crippen molar-refractivity contribution in [3.05, 3.63) is 11.1 Å². The first-order valence-corrected chi connectivity index (χ1v) is 7.85. The Balaban J connectivity index is 2.09. The first-order chi connectivity index (χ1) is 9.28. The van der Waals surface area contributed by atoms with Crippen molar-refractivity contribution >= 4 is 23.6 Å². The number of carbonyl (C=O) groups excluding carboxylic acids is 2. The van der Waals surface area contributed by atoms with Crippen LogP contribution in [0.2, 0.25) is 0 Å². The SMILES string of the molecule is CN1C(=O)CS/C1=C\C(=O)N1CCC(O)CC(C)(C)C1. The fourth-order valence-electron chi connectivity index (χ4n) is 2.68. The van der Waals surface area contributed by atoms with Gasteiger partial charge in [-0.15, -0.1) is 0 Å². The van der Waals surface area contributed by atoms with E-state index in [-0.39, 0.29) is 23.3 Å². The summed E-state index contributed by atoms with van der Waals surface area (Å²) in [6.45, 7) is 5.33. The summed E-state index contributed by atoms with van der Waals surface area (Å²) >= 11 is 1.40. The summed E-state index contributed by atoms with van der Waals surface area (Å²) in [5.74, 6) is 0.358. The van der Waals surface area contributed by atoms with Gasteiger partial charge in [0.05, 0.1) is 16.9 Å². The van der Waals surface area contributed by atoms with E-state index in [1.807, 2.05) is 0 Å². The average molecular weight is 298 g/mol. The van der Waals surface area contributed by atoms with Crippen molar-refractivity contribution in [1.82, 2.24) is 9.80 Å². The molecular formula is C14H22N2O3S. The van der Waals surface area contributed by atoms with Crippen LogP contribution in [0.1, 0.15) is 26.7 Å². The van der Waals surface area contributed by atoms with Gasteiger partial charge >= 0.3 is 0 Å². The number of aliphatic hydroxyl groups is 1. The van der Waals surface area contributed by atoms with Crippen LogP contribution >= 0.6 is 11.8 Å². The fraction of sp³-hybridized carbons (Fsp3) is 0.714. The van der Waals surface area contributed by atoms with Crippen LogP contribution in [0.5, 0.6) is 0 Å². The van der Waals surface area contributed by atoms with Crippen molar-refractivity contribution in [2.75, 3.05) is 25.9 Å². The van der Waals surface area contributed by atoms with Crippen molar-refractivity contribution in [2.45, 2.75) is 32.8 Å². The van der Waals surface area contributed by atoms with E-state index < -0.39 is 0 Å². The van der Waals surface area contributed by atoms with E-state index in [2.05, 4.69) is 13.8 Å². The van der Waals surface area contributed by atoms with Crippen molar-refractivity contribution in [3.8, 4) is 0 Å². The zero-order valence-corrected chi connectivity index (χ0v) is 13.1. The lowest BCUT2D eigenvalue weighted by molar-refractivity contribution is -0.127. The Bertz CT molecular complexity index is 448. The predicted molar refractivity (Wildman–Crippen MR) is 78.9 cm³/mol. The van der Waals surface area contributed by atoms with Gasteiger partial charge in [-0.2, -0.15) is 0 Å². The van der Waals surface area contributed by atoms with Gasteiger partial charge in [0.2, 0.25) is 11.8 Å². The van der Waals surface area contributed by atoms with Crippen LogP contribution in [0.25, 0.3) is 0 Å². The number of hydrogen-bond donors (Lipinski definition) is 1. The Labute approximate surface area is 124 Å². The first-order valence-electron chi connectivity index (χ1n) is 6.86. The molecule has 2 fully saturated rings. The van der Waals surface area contributed by atoms with E-state index in [9.17, 15) is 14.7 Å². The van der Waals surface area contributed by atoms with Crippen LogP contribution in [-0.2, 0) is 9.59 Å². The van der Waals surface area contributed by atoms with E-state index in [1.165, 1.54) is 16.7 Å². The Morgan fingerprint density at radius 3 is 2.80 bits per heavy atom. The second-order valence-electron chi connectivity index (χ2n) is 6.29. The molecule has 1 unspecified atom stereocenters. The normalized spacial score (nSPS) is 28.9. The third-order valence-corrected chi connectivity index (χ3v) is 4.82. The Kier molecular flexibility index (Phi) is 4.44. The quantitative estimate of drug-likeness (QED) is 0.735. The number of rotatable bonds is 1. The van der Waals surface area contributed by atoms with Gasteiger partial charge in [-0.1, -0.05) is 25.6 Å². The minimum atomic E-state index is -0.347. The summed E-state index contributed by atoms with van der Waals surface area (Å²) in [6.07, 6.45) is 2.52. The standard InChI is InChI=1S/C14H22N2O3S/c1-14(2)7-10(17)4-5-16(9-14)11(18)6-13-15(3)12(19)8-20-13/h6,10,17H,4-5,7-9H2,1-3H3/b13-6-. The maximum absolute atomic E-state index is 12.4. The highest BCUT2D eigenvalue weighted by molar-refractivity contribution is 8.04. The minimum absolute atomic E-state index is 0.0284. The van der Waals surface area contributed by atoms with Crippen molar-refractivity contribution in [2.24, 2.45) is 5.41 Å². The molecule has 0 aliphatic carbocycles. The molecule has 2 aliphatic heterocycles. The van der Waals surface area contributed by atoms with E-state index in [4.69, 9.17) is 0 Å². The van der Waals surface area contributed by atoms with Crippen molar-refractivity contribution in [3.63, 3.8) is 0 Å². The third-order valence-electron chi connectivity index (χ3n) is 3.75. The van der Waals surface area contributed by atoms with Gasteiger partial charge in [-0.05, 0) is 18.3 Å². The summed E-state index contributed by atoms with van der Waals surface area (Å²) in [4.78, 5) is 27.1. The summed E-state index contributed by atoms with van der Waals surface area (Å²) in [7, 11) is 1.69. The van der Waals surface area contributed by atoms with E-state index in [0.29, 0.717) is 36.7 Å². The van der Waals surface area contributed by atoms with E-state index in [1.54, 1.807) is 18.0 Å². The molecule has 0 radical (unpaired) electrons. The number of carbonyl (C=O) groups is 2. The van der Waals surface area contributed by atoms with Gasteiger partial charge in [-0.25, -0.2) is 0 Å². The molecule has 0 aromatic heterocycles. The molecule has 6 heteroatoms. The lowest BCUT2D eigenvalue weighted by Gasteiger charge is -2.29. The number of likely N-dealkylation sites (tertiary alicyclic amines) is 1. The first kappa shape index (κ1) is 15.4. The van der Waals surface area contributed by atoms with Gasteiger partial charge in [-0.3, -0.25) is 9.59 Å². The van der Waals surface area contributed by atoms with Crippen LogP contribution in [0.3, 0.4) is 0 Å². The zero-order chi connectivity index (χ0) is 14.9. The Morgan fingerprint density at radius 1 is 1.50 bits per heavy atom. The molecule has 2 aliphatic rings. The molecule has 112 valence electrons. The second-order valence-corrected chi connectivity index (χ2v) is 7.29. The Morgan fingerprint density at radius 2 is 2.20 bits per heavy atom. The van der Waals surface area contributed by atoms with E-state index >= 15 is 0 Å². The van der Waals surface area contributed by atoms with Gasteiger partial charge in [0, 0.05) is 26.2 Å². The smallest absolute Gasteiger partial charge is 0.249 e. The second kappa shape index (κ2) is 5.77. The molecule has 2 saturated heterocycles. The minimum Gasteiger partial charge on any atom is -0.393 e. The van der Waals surface area contributed by atoms with Gasteiger partial charge in [0.1, 0.15) is 0 Å². The molecule has 0 saturated carbocycles. The summed E-state index contributed by atoms with van der Waals surface area (Å²) in [6, 6.07) is 0. The molecule has 0 spiro atoms. The lowest BCUT2D eigenvalue weighted by Crippen LogP contribution is -2.37. The fourth-order valence-corrected chi connectivity index (χ4v) is 3.63. The summed E-state index contributed by atoms with van der Waals surface area (Å²) in [5.41, 5.74) is -0.0887. The number of aliphatic hydroxyl groups excluding tert-OH is 1. The van der Waals surface area contributed by atoms with Crippen molar-refractivity contribution < 1.29 is 14.7 Å². The van der Waals surface area contributed by atoms with Gasteiger partial charge in [0.15, 0.2) is 0 Å². The van der Waals surface area contributed by atoms with Crippen LogP contribution < -0.4 is 0 Å². The largest absolute Gasteiger partial charge is 0.393 e. The van der Waals surface area contributed by atoms with Crippen LogP contribution in [-0.4, -0.2) is 58.7 Å². The molecule has 20 heavy (non-hydrogen) atoms. The topological polar surface area (TPSA) is 60.9 Å². The number of amides is 2. The highest BCUT2D eigenvalue weighted by Crippen LogP contribution is 2.30. The number of nitrogens with zero attached hydrogens (tertiary/aromatic N) is 2. The molecule has 2 rings (SSSR count). The maximum Gasteiger partial charge on any atom is 0.249 e. The molecule has 0 bridgehead atoms.